The van der Waals surface area contributed by atoms with Crippen LogP contribution in [0.4, 0.5) is 32.2 Å². The van der Waals surface area contributed by atoms with Crippen LogP contribution >= 0.6 is 0 Å². The van der Waals surface area contributed by atoms with E-state index in [-0.39, 0.29) is 44.1 Å². The first-order chi connectivity index (χ1) is 25.7. The van der Waals surface area contributed by atoms with Crippen molar-refractivity contribution in [3.63, 3.8) is 0 Å². The molecule has 4 N–H and O–H groups in total. The van der Waals surface area contributed by atoms with Crippen LogP contribution in [0.1, 0.15) is 51.5 Å². The van der Waals surface area contributed by atoms with E-state index in [1.54, 1.807) is 95.9 Å². The van der Waals surface area contributed by atoms with Crippen LogP contribution in [-0.2, 0) is 22.3 Å². The summed E-state index contributed by atoms with van der Waals surface area (Å²) >= 11 is 0. The molecule has 2 saturated heterocycles. The molecule has 2 aliphatic rings. The SMILES string of the molecule is NC(=C1C(=NC(c2ccccc2)c2ccccc2)NC(=O)[C@H](O)C1C(F)(F)F)C1CCN(c2cc(C(=O)OCc3ccccc3)c(C(F)(F)F)cn2)CC1. The number of benzene rings is 3. The predicted octanol–water partition coefficient (Wildman–Crippen LogP) is 6.74. The van der Waals surface area contributed by atoms with Gasteiger partial charge >= 0.3 is 18.3 Å². The molecule has 0 radical (unpaired) electrons. The molecule has 2 atom stereocenters. The molecule has 1 unspecified atom stereocenters. The zero-order valence-electron chi connectivity index (χ0n) is 28.5. The van der Waals surface area contributed by atoms with Gasteiger partial charge in [-0.15, -0.1) is 0 Å². The largest absolute Gasteiger partial charge is 0.457 e. The molecule has 0 saturated carbocycles. The summed E-state index contributed by atoms with van der Waals surface area (Å²) in [6.07, 6.45) is -11.7. The van der Waals surface area contributed by atoms with E-state index in [9.17, 15) is 41.0 Å². The molecule has 3 aromatic carbocycles. The highest BCUT2D eigenvalue weighted by molar-refractivity contribution is 6.13. The van der Waals surface area contributed by atoms with Crippen molar-refractivity contribution in [2.75, 3.05) is 18.0 Å². The number of ether oxygens (including phenoxy) is 1. The van der Waals surface area contributed by atoms with Crippen LogP contribution < -0.4 is 16.0 Å². The number of anilines is 1. The molecule has 3 heterocycles. The Morgan fingerprint density at radius 3 is 2.02 bits per heavy atom. The van der Waals surface area contributed by atoms with Crippen LogP contribution in [0.2, 0.25) is 0 Å². The highest BCUT2D eigenvalue weighted by Crippen LogP contribution is 2.42. The number of halogens is 6. The van der Waals surface area contributed by atoms with Crippen molar-refractivity contribution in [2.45, 2.75) is 43.9 Å². The Hall–Kier alpha value is -5.70. The number of carbonyl (C=O) groups excluding carboxylic acids is 2. The Morgan fingerprint density at radius 2 is 1.48 bits per heavy atom. The number of nitrogens with two attached hydrogens (primary N) is 1. The molecule has 282 valence electrons. The Balaban J connectivity index is 1.31. The van der Waals surface area contributed by atoms with E-state index in [0.717, 1.165) is 6.07 Å². The average Bonchev–Trinajstić information content (AvgIpc) is 3.17. The first-order valence-electron chi connectivity index (χ1n) is 17.0. The second kappa shape index (κ2) is 15.7. The van der Waals surface area contributed by atoms with Gasteiger partial charge in [0.15, 0.2) is 0 Å². The second-order valence-corrected chi connectivity index (χ2v) is 12.9. The first kappa shape index (κ1) is 38.0. The topological polar surface area (TPSA) is 130 Å². The Labute approximate surface area is 306 Å². The molecular weight excluding hydrogens is 716 g/mol. The molecule has 1 amide bonds. The number of esters is 1. The van der Waals surface area contributed by atoms with Gasteiger partial charge in [-0.3, -0.25) is 9.79 Å². The zero-order chi connectivity index (χ0) is 38.6. The Kier molecular flexibility index (Phi) is 11.1. The van der Waals surface area contributed by atoms with Crippen molar-refractivity contribution in [3.8, 4) is 0 Å². The number of aliphatic hydroxyl groups excluding tert-OH is 1. The number of amidine groups is 1. The maximum Gasteiger partial charge on any atom is 0.418 e. The van der Waals surface area contributed by atoms with Crippen LogP contribution in [0.25, 0.3) is 0 Å². The van der Waals surface area contributed by atoms with E-state index in [1.807, 2.05) is 0 Å². The third kappa shape index (κ3) is 8.41. The van der Waals surface area contributed by atoms with Gasteiger partial charge in [0.2, 0.25) is 0 Å². The number of piperidine rings is 2. The van der Waals surface area contributed by atoms with Gasteiger partial charge in [0.1, 0.15) is 36.3 Å². The van der Waals surface area contributed by atoms with E-state index >= 15 is 0 Å². The summed E-state index contributed by atoms with van der Waals surface area (Å²) in [7, 11) is 0. The fourth-order valence-corrected chi connectivity index (χ4v) is 6.67. The number of hydrogen-bond donors (Lipinski definition) is 3. The number of carbonyl (C=O) groups is 2. The minimum absolute atomic E-state index is 0.0312. The Morgan fingerprint density at radius 1 is 0.926 bits per heavy atom. The second-order valence-electron chi connectivity index (χ2n) is 12.9. The van der Waals surface area contributed by atoms with Gasteiger partial charge in [0.05, 0.1) is 11.1 Å². The van der Waals surface area contributed by atoms with Gasteiger partial charge in [0, 0.05) is 36.5 Å². The fraction of sp³-hybridized carbons (Fsp3) is 0.282. The molecule has 4 aromatic rings. The summed E-state index contributed by atoms with van der Waals surface area (Å²) in [5.74, 6) is -6.28. The molecule has 2 aliphatic heterocycles. The summed E-state index contributed by atoms with van der Waals surface area (Å²) in [5.41, 5.74) is 5.59. The lowest BCUT2D eigenvalue weighted by Crippen LogP contribution is -2.56. The first-order valence-corrected chi connectivity index (χ1v) is 17.0. The number of aromatic nitrogens is 1. The number of alkyl halides is 6. The predicted molar refractivity (Wildman–Crippen MR) is 187 cm³/mol. The van der Waals surface area contributed by atoms with Gasteiger partial charge in [-0.25, -0.2) is 9.78 Å². The van der Waals surface area contributed by atoms with Gasteiger partial charge < -0.3 is 25.8 Å². The number of hydrogen-bond acceptors (Lipinski definition) is 8. The molecule has 0 bridgehead atoms. The number of rotatable bonds is 8. The van der Waals surface area contributed by atoms with Gasteiger partial charge in [0.25, 0.3) is 5.91 Å². The molecule has 1 aromatic heterocycles. The van der Waals surface area contributed by atoms with Crippen molar-refractivity contribution >= 4 is 23.5 Å². The van der Waals surface area contributed by atoms with Gasteiger partial charge in [-0.1, -0.05) is 91.0 Å². The summed E-state index contributed by atoms with van der Waals surface area (Å²) in [6, 6.07) is 26.1. The van der Waals surface area contributed by atoms with Crippen molar-refractivity contribution in [2.24, 2.45) is 22.6 Å². The molecule has 9 nitrogen and oxygen atoms in total. The maximum atomic E-state index is 14.7. The lowest BCUT2D eigenvalue weighted by Gasteiger charge is -2.38. The van der Waals surface area contributed by atoms with Gasteiger partial charge in [-0.2, -0.15) is 26.3 Å². The van der Waals surface area contributed by atoms with Crippen molar-refractivity contribution in [1.29, 1.82) is 0 Å². The number of aliphatic hydroxyl groups is 1. The molecule has 15 heteroatoms. The standard InChI is InChI=1S/C39H35F6N5O4/c40-38(41,42)28-21-47-29(20-27(28)37(53)54-22-23-10-4-1-5-11-23)50-18-16-24(17-19-50)32(46)30-31(39(43,44)45)34(51)36(52)49-35(30)48-33(25-12-6-2-7-13-25)26-14-8-3-9-15-26/h1-15,20-21,24,31,33-34,51H,16-19,22,46H2,(H,48,49,52)/t31?,34-/m1/s1. The van der Waals surface area contributed by atoms with Crippen LogP contribution in [-0.4, -0.2) is 53.2 Å². The van der Waals surface area contributed by atoms with Crippen LogP contribution in [0.15, 0.2) is 120 Å². The number of nitrogens with one attached hydrogen (secondary N) is 1. The third-order valence-corrected chi connectivity index (χ3v) is 9.43. The van der Waals surface area contributed by atoms with Crippen molar-refractivity contribution in [1.82, 2.24) is 10.3 Å². The number of amides is 1. The summed E-state index contributed by atoms with van der Waals surface area (Å²) in [5, 5.41) is 13.0. The van der Waals surface area contributed by atoms with E-state index in [2.05, 4.69) is 15.3 Å². The molecule has 0 spiro atoms. The Bertz CT molecular complexity index is 1980. The summed E-state index contributed by atoms with van der Waals surface area (Å²) < 4.78 is 91.2. The lowest BCUT2D eigenvalue weighted by atomic mass is 9.81. The van der Waals surface area contributed by atoms with E-state index in [0.29, 0.717) is 22.9 Å². The minimum atomic E-state index is -5.09. The smallest absolute Gasteiger partial charge is 0.418 e. The summed E-state index contributed by atoms with van der Waals surface area (Å²) in [6.45, 7) is -0.0841. The van der Waals surface area contributed by atoms with E-state index < -0.39 is 70.7 Å². The molecule has 2 fully saturated rings. The number of nitrogens with zero attached hydrogens (tertiary/aromatic N) is 3. The zero-order valence-corrected chi connectivity index (χ0v) is 28.5. The highest BCUT2D eigenvalue weighted by atomic mass is 19.4. The minimum Gasteiger partial charge on any atom is -0.457 e. The number of aliphatic imine (C=N–C) groups is 1. The van der Waals surface area contributed by atoms with Crippen LogP contribution in [0, 0.1) is 11.8 Å². The summed E-state index contributed by atoms with van der Waals surface area (Å²) in [4.78, 5) is 36.0. The van der Waals surface area contributed by atoms with Crippen molar-refractivity contribution < 1.29 is 45.8 Å². The lowest BCUT2D eigenvalue weighted by molar-refractivity contribution is -0.191. The van der Waals surface area contributed by atoms with Crippen molar-refractivity contribution in [3.05, 3.63) is 142 Å². The molecular formula is C39H35F6N5O4. The monoisotopic (exact) mass is 751 g/mol. The number of pyridine rings is 1. The normalized spacial score (nSPS) is 20.2. The molecule has 54 heavy (non-hydrogen) atoms. The van der Waals surface area contributed by atoms with E-state index in [1.165, 1.54) is 0 Å². The fourth-order valence-electron chi connectivity index (χ4n) is 6.67. The molecule has 0 aliphatic carbocycles. The number of allylic oxidation sites excluding steroid dienone is 1. The van der Waals surface area contributed by atoms with E-state index in [4.69, 9.17) is 10.5 Å². The maximum absolute atomic E-state index is 14.7. The van der Waals surface area contributed by atoms with Crippen LogP contribution in [0.3, 0.4) is 0 Å². The third-order valence-electron chi connectivity index (χ3n) is 9.43. The quantitative estimate of drug-likeness (QED) is 0.134. The average molecular weight is 752 g/mol. The van der Waals surface area contributed by atoms with Crippen LogP contribution in [0.5, 0.6) is 0 Å². The van der Waals surface area contributed by atoms with Gasteiger partial charge in [-0.05, 0) is 35.6 Å². The molecule has 6 rings (SSSR count). The highest BCUT2D eigenvalue weighted by Gasteiger charge is 2.54.